The van der Waals surface area contributed by atoms with Gasteiger partial charge < -0.3 is 9.94 Å². The average molecular weight is 207 g/mol. The van der Waals surface area contributed by atoms with E-state index in [1.54, 1.807) is 6.92 Å². The molecule has 1 atom stereocenters. The fraction of sp³-hybridized carbons (Fsp3) is 0.273. The maximum atomic E-state index is 10.6. The molecule has 1 unspecified atom stereocenters. The summed E-state index contributed by atoms with van der Waals surface area (Å²) in [6.45, 7) is 1.73. The highest BCUT2D eigenvalue weighted by Crippen LogP contribution is 1.99. The number of nitrogens with zero attached hydrogens (tertiary/aromatic N) is 1. The summed E-state index contributed by atoms with van der Waals surface area (Å²) >= 11 is 0. The van der Waals surface area contributed by atoms with Gasteiger partial charge in [-0.25, -0.2) is 4.79 Å². The van der Waals surface area contributed by atoms with E-state index in [1.807, 2.05) is 30.3 Å². The molecule has 0 fully saturated rings. The number of rotatable bonds is 5. The first-order valence-corrected chi connectivity index (χ1v) is 4.71. The summed E-state index contributed by atoms with van der Waals surface area (Å²) < 4.78 is 0. The quantitative estimate of drug-likeness (QED) is 0.592. The second-order valence-corrected chi connectivity index (χ2v) is 2.99. The van der Waals surface area contributed by atoms with E-state index in [0.29, 0.717) is 6.42 Å². The third-order valence-electron chi connectivity index (χ3n) is 1.84. The highest BCUT2D eigenvalue weighted by atomic mass is 16.6. The van der Waals surface area contributed by atoms with Gasteiger partial charge in [0.1, 0.15) is 0 Å². The van der Waals surface area contributed by atoms with Gasteiger partial charge in [-0.05, 0) is 12.0 Å². The summed E-state index contributed by atoms with van der Waals surface area (Å²) in [5, 5.41) is 12.3. The molecule has 0 amide bonds. The van der Waals surface area contributed by atoms with Crippen LogP contribution in [0.5, 0.6) is 0 Å². The monoisotopic (exact) mass is 207 g/mol. The summed E-state index contributed by atoms with van der Waals surface area (Å²) in [7, 11) is 0. The Balaban J connectivity index is 2.49. The van der Waals surface area contributed by atoms with Crippen molar-refractivity contribution in [1.29, 1.82) is 0 Å². The first-order valence-electron chi connectivity index (χ1n) is 4.71. The molecular weight excluding hydrogens is 194 g/mol. The van der Waals surface area contributed by atoms with Crippen molar-refractivity contribution in [3.63, 3.8) is 0 Å². The fourth-order valence-corrected chi connectivity index (χ4v) is 0.998. The summed E-state index contributed by atoms with van der Waals surface area (Å²) in [6, 6.07) is 9.35. The summed E-state index contributed by atoms with van der Waals surface area (Å²) in [4.78, 5) is 15.4. The maximum absolute atomic E-state index is 10.6. The van der Waals surface area contributed by atoms with Gasteiger partial charge in [-0.2, -0.15) is 0 Å². The molecule has 0 aromatic heterocycles. The molecule has 1 aromatic rings. The van der Waals surface area contributed by atoms with E-state index in [9.17, 15) is 4.79 Å². The molecule has 1 aromatic carbocycles. The van der Waals surface area contributed by atoms with E-state index in [1.165, 1.54) is 6.21 Å². The third-order valence-corrected chi connectivity index (χ3v) is 1.84. The van der Waals surface area contributed by atoms with Crippen LogP contribution in [-0.4, -0.2) is 23.4 Å². The van der Waals surface area contributed by atoms with Crippen LogP contribution in [0.4, 0.5) is 0 Å². The number of carboxylic acids is 1. The SMILES string of the molecule is CCC(O/N=C/c1ccccc1)C(=O)O. The zero-order valence-electron chi connectivity index (χ0n) is 8.46. The molecule has 80 valence electrons. The van der Waals surface area contributed by atoms with Crippen LogP contribution >= 0.6 is 0 Å². The van der Waals surface area contributed by atoms with Crippen molar-refractivity contribution in [2.24, 2.45) is 5.16 Å². The van der Waals surface area contributed by atoms with Crippen molar-refractivity contribution in [3.05, 3.63) is 35.9 Å². The zero-order chi connectivity index (χ0) is 11.1. The van der Waals surface area contributed by atoms with Crippen LogP contribution in [0, 0.1) is 0 Å². The van der Waals surface area contributed by atoms with E-state index in [0.717, 1.165) is 5.56 Å². The van der Waals surface area contributed by atoms with Crippen LogP contribution < -0.4 is 0 Å². The molecule has 0 radical (unpaired) electrons. The molecule has 0 spiro atoms. The van der Waals surface area contributed by atoms with Gasteiger partial charge in [0, 0.05) is 0 Å². The highest BCUT2D eigenvalue weighted by molar-refractivity contribution is 5.79. The van der Waals surface area contributed by atoms with Gasteiger partial charge in [-0.3, -0.25) is 0 Å². The lowest BCUT2D eigenvalue weighted by Crippen LogP contribution is -2.20. The van der Waals surface area contributed by atoms with E-state index in [2.05, 4.69) is 5.16 Å². The summed E-state index contributed by atoms with van der Waals surface area (Å²) in [6.07, 6.45) is 1.01. The Morgan fingerprint density at radius 3 is 2.73 bits per heavy atom. The Morgan fingerprint density at radius 1 is 1.53 bits per heavy atom. The number of carbonyl (C=O) groups is 1. The number of aliphatic carboxylic acids is 1. The first-order chi connectivity index (χ1) is 7.24. The van der Waals surface area contributed by atoms with Gasteiger partial charge in [0.2, 0.25) is 6.10 Å². The lowest BCUT2D eigenvalue weighted by Gasteiger charge is -2.05. The molecule has 0 heterocycles. The van der Waals surface area contributed by atoms with Crippen molar-refractivity contribution in [3.8, 4) is 0 Å². The summed E-state index contributed by atoms with van der Waals surface area (Å²) in [5.41, 5.74) is 0.873. The van der Waals surface area contributed by atoms with Gasteiger partial charge in [0.15, 0.2) is 0 Å². The Hall–Kier alpha value is -1.84. The third kappa shape index (κ3) is 3.81. The topological polar surface area (TPSA) is 58.9 Å². The van der Waals surface area contributed by atoms with Crippen molar-refractivity contribution in [2.75, 3.05) is 0 Å². The smallest absolute Gasteiger partial charge is 0.347 e. The molecule has 0 aliphatic heterocycles. The first kappa shape index (κ1) is 11.2. The number of carboxylic acid groups (broad SMARTS) is 1. The van der Waals surface area contributed by atoms with Crippen molar-refractivity contribution < 1.29 is 14.7 Å². The van der Waals surface area contributed by atoms with Crippen LogP contribution in [0.1, 0.15) is 18.9 Å². The molecule has 4 heteroatoms. The number of hydrogen-bond acceptors (Lipinski definition) is 3. The minimum absolute atomic E-state index is 0.390. The predicted octanol–water partition coefficient (Wildman–Crippen LogP) is 1.90. The molecule has 4 nitrogen and oxygen atoms in total. The minimum atomic E-state index is -0.997. The Morgan fingerprint density at radius 2 is 2.20 bits per heavy atom. The molecule has 0 saturated carbocycles. The van der Waals surface area contributed by atoms with Crippen LogP contribution in [0.25, 0.3) is 0 Å². The van der Waals surface area contributed by atoms with E-state index >= 15 is 0 Å². The Kier molecular flexibility index (Phi) is 4.34. The number of oxime groups is 1. The summed E-state index contributed by atoms with van der Waals surface area (Å²) in [5.74, 6) is -0.997. The second kappa shape index (κ2) is 5.80. The van der Waals surface area contributed by atoms with Gasteiger partial charge in [-0.15, -0.1) is 0 Å². The molecule has 1 N–H and O–H groups in total. The largest absolute Gasteiger partial charge is 0.478 e. The molecule has 0 bridgehead atoms. The average Bonchev–Trinajstić information content (AvgIpc) is 2.25. The number of benzene rings is 1. The van der Waals surface area contributed by atoms with Gasteiger partial charge in [-0.1, -0.05) is 42.4 Å². The molecule has 0 aliphatic carbocycles. The second-order valence-electron chi connectivity index (χ2n) is 2.99. The van der Waals surface area contributed by atoms with E-state index in [4.69, 9.17) is 9.94 Å². The number of hydrogen-bond donors (Lipinski definition) is 1. The zero-order valence-corrected chi connectivity index (χ0v) is 8.46. The molecule has 0 saturated heterocycles. The Labute approximate surface area is 88.2 Å². The molecular formula is C11H13NO3. The lowest BCUT2D eigenvalue weighted by atomic mass is 10.2. The van der Waals surface area contributed by atoms with E-state index in [-0.39, 0.29) is 0 Å². The normalized spacial score (nSPS) is 12.6. The van der Waals surface area contributed by atoms with Crippen LogP contribution in [0.2, 0.25) is 0 Å². The van der Waals surface area contributed by atoms with Gasteiger partial charge >= 0.3 is 5.97 Å². The highest BCUT2D eigenvalue weighted by Gasteiger charge is 2.15. The van der Waals surface area contributed by atoms with Crippen LogP contribution in [0.3, 0.4) is 0 Å². The molecule has 0 aliphatic rings. The minimum Gasteiger partial charge on any atom is -0.478 e. The van der Waals surface area contributed by atoms with Crippen molar-refractivity contribution >= 4 is 12.2 Å². The van der Waals surface area contributed by atoms with Crippen molar-refractivity contribution in [1.82, 2.24) is 0 Å². The van der Waals surface area contributed by atoms with Gasteiger partial charge in [0.05, 0.1) is 6.21 Å². The predicted molar refractivity (Wildman–Crippen MR) is 56.8 cm³/mol. The Bertz CT molecular complexity index is 335. The van der Waals surface area contributed by atoms with Crippen LogP contribution in [0.15, 0.2) is 35.5 Å². The fourth-order valence-electron chi connectivity index (χ4n) is 0.998. The van der Waals surface area contributed by atoms with Crippen molar-refractivity contribution in [2.45, 2.75) is 19.4 Å². The van der Waals surface area contributed by atoms with E-state index < -0.39 is 12.1 Å². The standard InChI is InChI=1S/C11H13NO3/c1-2-10(11(13)14)15-12-8-9-6-4-3-5-7-9/h3-8,10H,2H2,1H3,(H,13,14)/b12-8+. The molecule has 15 heavy (non-hydrogen) atoms. The van der Waals surface area contributed by atoms with Gasteiger partial charge in [0.25, 0.3) is 0 Å². The lowest BCUT2D eigenvalue weighted by molar-refractivity contribution is -0.150. The maximum Gasteiger partial charge on any atom is 0.347 e. The van der Waals surface area contributed by atoms with Crippen LogP contribution in [-0.2, 0) is 9.63 Å². The molecule has 1 rings (SSSR count).